The molecule has 6 rings (SSSR count). The number of piperidine rings is 1. The Morgan fingerprint density at radius 1 is 1.19 bits per heavy atom. The van der Waals surface area contributed by atoms with Gasteiger partial charge in [-0.3, -0.25) is 9.69 Å². The molecule has 1 saturated carbocycles. The molecule has 2 N–H and O–H groups in total. The first-order valence-corrected chi connectivity index (χ1v) is 14.3. The van der Waals surface area contributed by atoms with E-state index < -0.39 is 17.8 Å². The molecule has 1 saturated heterocycles. The number of amides is 1. The molecule has 1 aliphatic heterocycles. The highest BCUT2D eigenvalue weighted by Crippen LogP contribution is 2.53. The minimum absolute atomic E-state index is 0.256. The van der Waals surface area contributed by atoms with Gasteiger partial charge in [-0.1, -0.05) is 26.0 Å². The summed E-state index contributed by atoms with van der Waals surface area (Å²) in [5.41, 5.74) is 3.79. The summed E-state index contributed by atoms with van der Waals surface area (Å²) >= 11 is 0. The van der Waals surface area contributed by atoms with E-state index in [1.807, 2.05) is 46.8 Å². The highest BCUT2D eigenvalue weighted by molar-refractivity contribution is 6.04. The number of hydrogen-bond donors (Lipinski definition) is 2. The lowest BCUT2D eigenvalue weighted by atomic mass is 9.57. The predicted molar refractivity (Wildman–Crippen MR) is 154 cm³/mol. The summed E-state index contributed by atoms with van der Waals surface area (Å²) in [7, 11) is 1.91. The number of benzene rings is 1. The Balaban J connectivity index is 1.25. The van der Waals surface area contributed by atoms with Crippen LogP contribution in [0.1, 0.15) is 60.5 Å². The summed E-state index contributed by atoms with van der Waals surface area (Å²) in [6.07, 6.45) is 5.49. The van der Waals surface area contributed by atoms with Gasteiger partial charge in [0.25, 0.3) is 11.8 Å². The van der Waals surface area contributed by atoms with Gasteiger partial charge in [0.15, 0.2) is 0 Å². The Morgan fingerprint density at radius 2 is 1.95 bits per heavy atom. The number of anilines is 1. The summed E-state index contributed by atoms with van der Waals surface area (Å²) in [4.78, 5) is 23.3. The first-order chi connectivity index (χ1) is 20.1. The van der Waals surface area contributed by atoms with E-state index in [1.54, 1.807) is 32.4 Å². The molecule has 2 aliphatic rings. The predicted octanol–water partition coefficient (Wildman–Crippen LogP) is 5.28. The normalized spacial score (nSPS) is 25.6. The van der Waals surface area contributed by atoms with Crippen molar-refractivity contribution in [3.05, 3.63) is 71.6 Å². The molecule has 1 aliphatic carbocycles. The number of aromatic amines is 1. The van der Waals surface area contributed by atoms with Gasteiger partial charge in [-0.05, 0) is 54.2 Å². The molecule has 4 heterocycles. The van der Waals surface area contributed by atoms with Crippen LogP contribution in [0.3, 0.4) is 0 Å². The molecule has 9 nitrogen and oxygen atoms in total. The molecule has 0 unspecified atom stereocenters. The Kier molecular flexibility index (Phi) is 7.05. The van der Waals surface area contributed by atoms with Gasteiger partial charge in [0, 0.05) is 56.8 Å². The minimum atomic E-state index is -2.70. The number of rotatable bonds is 7. The van der Waals surface area contributed by atoms with E-state index in [1.165, 1.54) is 0 Å². The third-order valence-electron chi connectivity index (χ3n) is 9.07. The number of aromatic nitrogens is 5. The fraction of sp³-hybridized carbons (Fsp3) is 0.452. The van der Waals surface area contributed by atoms with Crippen molar-refractivity contribution in [1.29, 1.82) is 5.26 Å². The molecule has 11 heteroatoms. The Bertz CT molecular complexity index is 1650. The van der Waals surface area contributed by atoms with E-state index in [-0.39, 0.29) is 36.0 Å². The van der Waals surface area contributed by atoms with Crippen LogP contribution in [0, 0.1) is 29.1 Å². The number of alkyl halides is 2. The van der Waals surface area contributed by atoms with Crippen molar-refractivity contribution in [3.8, 4) is 6.07 Å². The molecule has 42 heavy (non-hydrogen) atoms. The van der Waals surface area contributed by atoms with E-state index in [2.05, 4.69) is 31.6 Å². The molecule has 0 radical (unpaired) electrons. The molecule has 0 bridgehead atoms. The maximum absolute atomic E-state index is 14.4. The molecule has 2 atom stereocenters. The average Bonchev–Trinajstić information content (AvgIpc) is 3.59. The van der Waals surface area contributed by atoms with Crippen molar-refractivity contribution in [2.75, 3.05) is 18.4 Å². The molecular formula is C31H34F2N8O. The standard InChI is InChI=1S/C31H34F2N8O/c1-19-15-41(16-20(2)31(19,32)33)17-22-11-26(38-25-8-10-35-27(22)25)28(42)37-24-6-4-5-23(12-24)30(13-21(14-30)7-9-34)29-39-36-18-40(29)3/h4-6,8,10-12,18-21,35H,7,13-17H2,1-3H3,(H,37,42)/t19-,20+,21?,30?. The van der Waals surface area contributed by atoms with Gasteiger partial charge in [0.05, 0.1) is 22.5 Å². The second kappa shape index (κ2) is 10.6. The third kappa shape index (κ3) is 4.83. The minimum Gasteiger partial charge on any atom is -0.360 e. The van der Waals surface area contributed by atoms with Crippen LogP contribution in [-0.2, 0) is 19.0 Å². The average molecular weight is 573 g/mol. The molecule has 3 aromatic heterocycles. The van der Waals surface area contributed by atoms with E-state index in [0.717, 1.165) is 35.3 Å². The van der Waals surface area contributed by atoms with Crippen LogP contribution in [0.4, 0.5) is 14.5 Å². The van der Waals surface area contributed by atoms with Crippen LogP contribution < -0.4 is 5.32 Å². The lowest BCUT2D eigenvalue weighted by molar-refractivity contribution is -0.140. The van der Waals surface area contributed by atoms with Crippen molar-refractivity contribution >= 4 is 22.6 Å². The number of carbonyl (C=O) groups excluding carboxylic acids is 1. The van der Waals surface area contributed by atoms with Crippen LogP contribution in [0.25, 0.3) is 11.0 Å². The zero-order valence-electron chi connectivity index (χ0n) is 23.9. The largest absolute Gasteiger partial charge is 0.360 e. The van der Waals surface area contributed by atoms with E-state index in [4.69, 9.17) is 0 Å². The van der Waals surface area contributed by atoms with Crippen LogP contribution in [-0.4, -0.2) is 54.6 Å². The van der Waals surface area contributed by atoms with Gasteiger partial charge in [-0.25, -0.2) is 13.8 Å². The van der Waals surface area contributed by atoms with Crippen molar-refractivity contribution in [2.24, 2.45) is 24.8 Å². The lowest BCUT2D eigenvalue weighted by Crippen LogP contribution is -2.51. The fourth-order valence-corrected chi connectivity index (χ4v) is 6.85. The van der Waals surface area contributed by atoms with Crippen LogP contribution in [0.15, 0.2) is 48.9 Å². The van der Waals surface area contributed by atoms with E-state index >= 15 is 0 Å². The van der Waals surface area contributed by atoms with Crippen molar-refractivity contribution in [3.63, 3.8) is 0 Å². The second-order valence-electron chi connectivity index (χ2n) is 12.1. The third-order valence-corrected chi connectivity index (χ3v) is 9.07. The topological polar surface area (TPSA) is 116 Å². The maximum atomic E-state index is 14.4. The van der Waals surface area contributed by atoms with Crippen LogP contribution >= 0.6 is 0 Å². The van der Waals surface area contributed by atoms with E-state index in [9.17, 15) is 18.8 Å². The lowest BCUT2D eigenvalue weighted by Gasteiger charge is -2.46. The second-order valence-corrected chi connectivity index (χ2v) is 12.1. The number of likely N-dealkylation sites (tertiary alicyclic amines) is 1. The molecule has 218 valence electrons. The number of fused-ring (bicyclic) bond motifs is 1. The smallest absolute Gasteiger partial charge is 0.274 e. The summed E-state index contributed by atoms with van der Waals surface area (Å²) in [5.74, 6) is -3.45. The first-order valence-electron chi connectivity index (χ1n) is 14.3. The number of hydrogen-bond acceptors (Lipinski definition) is 6. The summed E-state index contributed by atoms with van der Waals surface area (Å²) in [6.45, 7) is 4.17. The van der Waals surface area contributed by atoms with Crippen molar-refractivity contribution < 1.29 is 13.6 Å². The zero-order chi connectivity index (χ0) is 29.6. The summed E-state index contributed by atoms with van der Waals surface area (Å²) in [5, 5.41) is 20.7. The summed E-state index contributed by atoms with van der Waals surface area (Å²) in [6, 6.07) is 13.6. The number of H-pyrrole nitrogens is 1. The fourth-order valence-electron chi connectivity index (χ4n) is 6.85. The van der Waals surface area contributed by atoms with E-state index in [0.29, 0.717) is 24.2 Å². The number of carbonyl (C=O) groups is 1. The first kappa shape index (κ1) is 28.0. The molecule has 0 spiro atoms. The van der Waals surface area contributed by atoms with Gasteiger partial charge < -0.3 is 14.9 Å². The molecular weight excluding hydrogens is 538 g/mol. The molecule has 2 fully saturated rings. The number of nitrogens with one attached hydrogen (secondary N) is 2. The molecule has 1 aromatic carbocycles. The maximum Gasteiger partial charge on any atom is 0.274 e. The number of pyridine rings is 1. The highest BCUT2D eigenvalue weighted by Gasteiger charge is 2.50. The molecule has 1 amide bonds. The number of nitriles is 1. The highest BCUT2D eigenvalue weighted by atomic mass is 19.3. The van der Waals surface area contributed by atoms with Gasteiger partial charge in [-0.2, -0.15) is 5.26 Å². The Labute approximate surface area is 243 Å². The number of halogens is 2. The van der Waals surface area contributed by atoms with Crippen LogP contribution in [0.5, 0.6) is 0 Å². The number of aryl methyl sites for hydroxylation is 1. The Hall–Kier alpha value is -4.17. The summed E-state index contributed by atoms with van der Waals surface area (Å²) < 4.78 is 30.8. The quantitative estimate of drug-likeness (QED) is 0.312. The Morgan fingerprint density at radius 3 is 2.64 bits per heavy atom. The SMILES string of the molecule is C[C@@H]1CN(Cc2cc(C(=O)Nc3cccc(C4(c5nncn5C)CC(CC#N)C4)c3)nc3cc[nH]c23)C[C@H](C)C1(F)F. The van der Waals surface area contributed by atoms with Gasteiger partial charge >= 0.3 is 0 Å². The van der Waals surface area contributed by atoms with Crippen LogP contribution in [0.2, 0.25) is 0 Å². The van der Waals surface area contributed by atoms with Gasteiger partial charge in [0.1, 0.15) is 17.8 Å². The van der Waals surface area contributed by atoms with Crippen molar-refractivity contribution in [1.82, 2.24) is 29.6 Å². The van der Waals surface area contributed by atoms with Gasteiger partial charge in [-0.15, -0.1) is 10.2 Å². The molecule has 4 aromatic rings. The number of nitrogens with zero attached hydrogens (tertiary/aromatic N) is 6. The van der Waals surface area contributed by atoms with Gasteiger partial charge in [0.2, 0.25) is 0 Å². The zero-order valence-corrected chi connectivity index (χ0v) is 23.9. The monoisotopic (exact) mass is 572 g/mol. The van der Waals surface area contributed by atoms with Crippen molar-refractivity contribution in [2.45, 2.75) is 51.0 Å².